The van der Waals surface area contributed by atoms with E-state index in [-0.39, 0.29) is 6.42 Å². The van der Waals surface area contributed by atoms with Crippen LogP contribution < -0.4 is 5.32 Å². The lowest BCUT2D eigenvalue weighted by atomic mass is 9.98. The predicted octanol–water partition coefficient (Wildman–Crippen LogP) is 6.89. The molecule has 0 radical (unpaired) electrons. The van der Waals surface area contributed by atoms with Crippen LogP contribution in [0.3, 0.4) is 0 Å². The smallest absolute Gasteiger partial charge is 0.249 e. The average molecular weight is 788 g/mol. The third-order valence-corrected chi connectivity index (χ3v) is 11.1. The van der Waals surface area contributed by atoms with Crippen LogP contribution in [0.5, 0.6) is 0 Å². The summed E-state index contributed by atoms with van der Waals surface area (Å²) in [6.07, 6.45) is 24.0. The Kier molecular flexibility index (Phi) is 32.9. The van der Waals surface area contributed by atoms with Gasteiger partial charge < -0.3 is 50.5 Å². The third-order valence-electron chi connectivity index (χ3n) is 11.1. The molecule has 9 unspecified atom stereocenters. The topological polar surface area (TPSA) is 189 Å². The molecule has 0 spiro atoms. The van der Waals surface area contributed by atoms with Gasteiger partial charge in [-0.1, -0.05) is 167 Å². The molecule has 0 aromatic rings. The summed E-state index contributed by atoms with van der Waals surface area (Å²) in [7, 11) is 0. The molecule has 326 valence electrons. The highest BCUT2D eigenvalue weighted by Gasteiger charge is 2.44. The molecule has 55 heavy (non-hydrogen) atoms. The highest BCUT2D eigenvalue weighted by atomic mass is 16.7. The molecule has 8 N–H and O–H groups in total. The number of carbonyl (C=O) groups excluding carboxylic acids is 1. The predicted molar refractivity (Wildman–Crippen MR) is 219 cm³/mol. The van der Waals surface area contributed by atoms with Gasteiger partial charge in [-0.2, -0.15) is 0 Å². The fourth-order valence-electron chi connectivity index (χ4n) is 7.26. The van der Waals surface area contributed by atoms with Crippen LogP contribution in [0.2, 0.25) is 0 Å². The highest BCUT2D eigenvalue weighted by molar-refractivity contribution is 5.80. The number of allylic oxidation sites excluding steroid dienone is 2. The van der Waals surface area contributed by atoms with E-state index in [9.17, 15) is 40.5 Å². The summed E-state index contributed by atoms with van der Waals surface area (Å²) in [4.78, 5) is 13.0. The SMILES string of the molecule is CCCCCCCCC=CCCCCCCC(O)C(O)C(COC1OC(CO)C(O)C(O)C1O)NC(=O)C(O)CCCCCCCCCCCCCCCC. The van der Waals surface area contributed by atoms with Gasteiger partial charge in [-0.25, -0.2) is 0 Å². The van der Waals surface area contributed by atoms with E-state index in [0.717, 1.165) is 51.4 Å². The van der Waals surface area contributed by atoms with Crippen molar-refractivity contribution < 1.29 is 50.0 Å². The number of amides is 1. The van der Waals surface area contributed by atoms with Crippen molar-refractivity contribution in [3.8, 4) is 0 Å². The van der Waals surface area contributed by atoms with Crippen LogP contribution in [0, 0.1) is 0 Å². The van der Waals surface area contributed by atoms with Gasteiger partial charge in [0.15, 0.2) is 6.29 Å². The standard InChI is InChI=1S/C44H85NO10/c1-3-5-7-9-11-13-15-17-19-21-23-25-27-29-31-36(47)39(49)35(34-54-44-42(52)41(51)40(50)38(33-46)55-44)45-43(53)37(48)32-30-28-26-24-22-20-18-16-14-12-10-8-6-4-2/h17,19,35-42,44,46-52H,3-16,18,20-34H2,1-2H3,(H,45,53). The second kappa shape index (κ2) is 34.9. The number of carbonyl (C=O) groups is 1. The van der Waals surface area contributed by atoms with Crippen LogP contribution in [0.25, 0.3) is 0 Å². The highest BCUT2D eigenvalue weighted by Crippen LogP contribution is 2.23. The number of hydrogen-bond donors (Lipinski definition) is 8. The Hall–Kier alpha value is -1.15. The lowest BCUT2D eigenvalue weighted by molar-refractivity contribution is -0.303. The van der Waals surface area contributed by atoms with E-state index >= 15 is 0 Å². The molecule has 0 saturated carbocycles. The molecule has 9 atom stereocenters. The van der Waals surface area contributed by atoms with E-state index in [1.54, 1.807) is 0 Å². The first-order valence-electron chi connectivity index (χ1n) is 22.6. The lowest BCUT2D eigenvalue weighted by Gasteiger charge is -2.40. The molecule has 1 saturated heterocycles. The molecular formula is C44H85NO10. The van der Waals surface area contributed by atoms with Crippen LogP contribution >= 0.6 is 0 Å². The maximum Gasteiger partial charge on any atom is 0.249 e. The molecule has 11 heteroatoms. The summed E-state index contributed by atoms with van der Waals surface area (Å²) in [6, 6.07) is -1.17. The quantitative estimate of drug-likeness (QED) is 0.0243. The molecule has 0 bridgehead atoms. The number of ether oxygens (including phenoxy) is 2. The van der Waals surface area contributed by atoms with Crippen molar-refractivity contribution in [1.82, 2.24) is 5.32 Å². The molecular weight excluding hydrogens is 702 g/mol. The van der Waals surface area contributed by atoms with Crippen molar-refractivity contribution in [3.63, 3.8) is 0 Å². The monoisotopic (exact) mass is 788 g/mol. The van der Waals surface area contributed by atoms with Gasteiger partial charge in [0.05, 0.1) is 25.4 Å². The van der Waals surface area contributed by atoms with Gasteiger partial charge in [0.1, 0.15) is 36.6 Å². The summed E-state index contributed by atoms with van der Waals surface area (Å²) in [5.74, 6) is -0.701. The van der Waals surface area contributed by atoms with Gasteiger partial charge in [0, 0.05) is 0 Å². The second-order valence-corrected chi connectivity index (χ2v) is 16.1. The Morgan fingerprint density at radius 2 is 1.05 bits per heavy atom. The number of rotatable bonds is 37. The molecule has 1 aliphatic rings. The number of aliphatic hydroxyl groups excluding tert-OH is 7. The lowest BCUT2D eigenvalue weighted by Crippen LogP contribution is -2.60. The van der Waals surface area contributed by atoms with Gasteiger partial charge in [0.25, 0.3) is 0 Å². The number of unbranched alkanes of at least 4 members (excludes halogenated alkanes) is 23. The molecule has 0 aromatic carbocycles. The van der Waals surface area contributed by atoms with Gasteiger partial charge in [-0.05, 0) is 38.5 Å². The van der Waals surface area contributed by atoms with Crippen LogP contribution in [0.1, 0.15) is 194 Å². The van der Waals surface area contributed by atoms with E-state index in [1.807, 2.05) is 0 Å². The third kappa shape index (κ3) is 25.1. The molecule has 11 nitrogen and oxygen atoms in total. The van der Waals surface area contributed by atoms with Gasteiger partial charge in [-0.3, -0.25) is 4.79 Å². The summed E-state index contributed by atoms with van der Waals surface area (Å²) in [6.45, 7) is 3.42. The largest absolute Gasteiger partial charge is 0.394 e. The minimum Gasteiger partial charge on any atom is -0.394 e. The Morgan fingerprint density at radius 1 is 0.618 bits per heavy atom. The van der Waals surface area contributed by atoms with E-state index in [2.05, 4.69) is 31.3 Å². The van der Waals surface area contributed by atoms with Crippen molar-refractivity contribution >= 4 is 5.91 Å². The van der Waals surface area contributed by atoms with E-state index in [1.165, 1.54) is 103 Å². The van der Waals surface area contributed by atoms with Crippen molar-refractivity contribution in [2.24, 2.45) is 0 Å². The van der Waals surface area contributed by atoms with Gasteiger partial charge in [-0.15, -0.1) is 0 Å². The van der Waals surface area contributed by atoms with Crippen LogP contribution in [-0.2, 0) is 14.3 Å². The number of aliphatic hydroxyl groups is 7. The minimum absolute atomic E-state index is 0.261. The Morgan fingerprint density at radius 3 is 1.53 bits per heavy atom. The van der Waals surface area contributed by atoms with Crippen molar-refractivity contribution in [2.45, 2.75) is 249 Å². The molecule has 0 aromatic heterocycles. The fourth-order valence-corrected chi connectivity index (χ4v) is 7.26. The summed E-state index contributed by atoms with van der Waals surface area (Å²) in [5.41, 5.74) is 0. The van der Waals surface area contributed by atoms with Crippen molar-refractivity contribution in [2.75, 3.05) is 13.2 Å². The Bertz CT molecular complexity index is 908. The molecule has 1 heterocycles. The summed E-state index contributed by atoms with van der Waals surface area (Å²) >= 11 is 0. The first-order chi connectivity index (χ1) is 26.7. The van der Waals surface area contributed by atoms with Gasteiger partial charge in [0.2, 0.25) is 5.91 Å². The maximum absolute atomic E-state index is 13.0. The summed E-state index contributed by atoms with van der Waals surface area (Å²) < 4.78 is 11.1. The summed E-state index contributed by atoms with van der Waals surface area (Å²) in [5, 5.41) is 75.5. The molecule has 1 amide bonds. The van der Waals surface area contributed by atoms with E-state index in [0.29, 0.717) is 19.3 Å². The zero-order chi connectivity index (χ0) is 40.5. The first kappa shape index (κ1) is 51.9. The minimum atomic E-state index is -1.66. The Balaban J connectivity index is 2.49. The van der Waals surface area contributed by atoms with E-state index in [4.69, 9.17) is 9.47 Å². The molecule has 1 aliphatic heterocycles. The maximum atomic E-state index is 13.0. The number of nitrogens with one attached hydrogen (secondary N) is 1. The molecule has 0 aliphatic carbocycles. The van der Waals surface area contributed by atoms with Crippen molar-refractivity contribution in [3.05, 3.63) is 12.2 Å². The fraction of sp³-hybridized carbons (Fsp3) is 0.932. The second-order valence-electron chi connectivity index (χ2n) is 16.1. The normalized spacial score (nSPS) is 22.5. The zero-order valence-electron chi connectivity index (χ0n) is 34.9. The van der Waals surface area contributed by atoms with Crippen LogP contribution in [-0.4, -0.2) is 110 Å². The Labute approximate surface area is 334 Å². The zero-order valence-corrected chi connectivity index (χ0v) is 34.9. The van der Waals surface area contributed by atoms with Crippen molar-refractivity contribution in [1.29, 1.82) is 0 Å². The number of hydrogen-bond acceptors (Lipinski definition) is 10. The first-order valence-corrected chi connectivity index (χ1v) is 22.6. The van der Waals surface area contributed by atoms with Crippen LogP contribution in [0.15, 0.2) is 12.2 Å². The average Bonchev–Trinajstić information content (AvgIpc) is 3.18. The molecule has 1 fully saturated rings. The van der Waals surface area contributed by atoms with Crippen LogP contribution in [0.4, 0.5) is 0 Å². The molecule has 1 rings (SSSR count). The van der Waals surface area contributed by atoms with E-state index < -0.39 is 74.2 Å². The van der Waals surface area contributed by atoms with Gasteiger partial charge >= 0.3 is 0 Å².